The second-order valence-corrected chi connectivity index (χ2v) is 10.5. The summed E-state index contributed by atoms with van der Waals surface area (Å²) in [5.41, 5.74) is 7.85. The number of para-hydroxylation sites is 2. The van der Waals surface area contributed by atoms with Gasteiger partial charge in [0.1, 0.15) is 18.3 Å². The number of aliphatic hydroxyl groups excluding tert-OH is 3. The van der Waals surface area contributed by atoms with Crippen LogP contribution in [0.25, 0.3) is 11.0 Å². The van der Waals surface area contributed by atoms with Crippen molar-refractivity contribution in [3.63, 3.8) is 0 Å². The topological polar surface area (TPSA) is 173 Å². The van der Waals surface area contributed by atoms with E-state index in [0.717, 1.165) is 12.0 Å². The number of hydrogen-bond acceptors (Lipinski definition) is 10. The van der Waals surface area contributed by atoms with Gasteiger partial charge in [-0.25, -0.2) is 4.98 Å². The standard InChI is InChI=1S/C30H43N5O7/c1-4-18(3)25(28(31)39)32-13-8-14-41-23-15-19(11-12-22(23)40-5-2)16-33-30-34-20-9-6-7-10-21(20)35(30)29-27(38)26(37)24(17-36)42-29/h6-7,9-12,15,18,24-27,29,32,36-38H,4-5,8,13-14,16-17H2,1-3H3,(H2,31,39)(H,33,34)/t18-,24-,25-,26-,27-,29-/m1/s1. The number of carbonyl (C=O) groups excluding carboxylic acids is 1. The van der Waals surface area contributed by atoms with E-state index in [1.54, 1.807) is 4.57 Å². The van der Waals surface area contributed by atoms with Crippen molar-refractivity contribution >= 4 is 22.9 Å². The molecule has 0 aliphatic carbocycles. The molecule has 1 aliphatic rings. The number of nitrogens with zero attached hydrogens (tertiary/aromatic N) is 2. The number of fused-ring (bicyclic) bond motifs is 1. The van der Waals surface area contributed by atoms with Gasteiger partial charge in [0.2, 0.25) is 11.9 Å². The first kappa shape index (κ1) is 31.5. The molecule has 1 fully saturated rings. The van der Waals surface area contributed by atoms with Crippen LogP contribution in [-0.2, 0) is 16.1 Å². The Balaban J connectivity index is 1.45. The van der Waals surface area contributed by atoms with Crippen molar-refractivity contribution in [3.8, 4) is 11.5 Å². The molecule has 2 heterocycles. The molecule has 12 heteroatoms. The monoisotopic (exact) mass is 585 g/mol. The molecule has 2 aromatic carbocycles. The summed E-state index contributed by atoms with van der Waals surface area (Å²) in [7, 11) is 0. The average Bonchev–Trinajstić information content (AvgIpc) is 3.49. The number of ether oxygens (including phenoxy) is 3. The number of carbonyl (C=O) groups is 1. The minimum atomic E-state index is -1.25. The summed E-state index contributed by atoms with van der Waals surface area (Å²) < 4.78 is 19.4. The number of benzene rings is 2. The van der Waals surface area contributed by atoms with Crippen molar-refractivity contribution in [3.05, 3.63) is 48.0 Å². The summed E-state index contributed by atoms with van der Waals surface area (Å²) in [6.45, 7) is 7.37. The van der Waals surface area contributed by atoms with Crippen LogP contribution in [0.1, 0.15) is 45.4 Å². The molecule has 6 atom stereocenters. The van der Waals surface area contributed by atoms with Crippen LogP contribution in [-0.4, -0.2) is 81.5 Å². The lowest BCUT2D eigenvalue weighted by molar-refractivity contribution is -0.121. The molecular weight excluding hydrogens is 542 g/mol. The Hall–Kier alpha value is -3.42. The normalized spacial score (nSPS) is 21.8. The van der Waals surface area contributed by atoms with E-state index in [0.29, 0.717) is 61.2 Å². The number of primary amides is 1. The smallest absolute Gasteiger partial charge is 0.234 e. The van der Waals surface area contributed by atoms with Crippen LogP contribution in [0.15, 0.2) is 42.5 Å². The van der Waals surface area contributed by atoms with Crippen molar-refractivity contribution in [2.75, 3.05) is 31.7 Å². The van der Waals surface area contributed by atoms with E-state index in [4.69, 9.17) is 19.9 Å². The first-order valence-corrected chi connectivity index (χ1v) is 14.5. The number of amides is 1. The van der Waals surface area contributed by atoms with Gasteiger partial charge in [-0.1, -0.05) is 38.5 Å². The Bertz CT molecular complexity index is 1320. The lowest BCUT2D eigenvalue weighted by atomic mass is 9.98. The van der Waals surface area contributed by atoms with Gasteiger partial charge >= 0.3 is 0 Å². The van der Waals surface area contributed by atoms with Gasteiger partial charge in [-0.15, -0.1) is 0 Å². The van der Waals surface area contributed by atoms with Gasteiger partial charge in [-0.05, 0) is 55.6 Å². The molecule has 3 aromatic rings. The highest BCUT2D eigenvalue weighted by Gasteiger charge is 2.44. The predicted octanol–water partition coefficient (Wildman–Crippen LogP) is 1.92. The third-order valence-electron chi connectivity index (χ3n) is 7.59. The maximum absolute atomic E-state index is 11.8. The van der Waals surface area contributed by atoms with Gasteiger partial charge in [0.25, 0.3) is 0 Å². The largest absolute Gasteiger partial charge is 0.490 e. The van der Waals surface area contributed by atoms with Crippen LogP contribution in [0.4, 0.5) is 5.95 Å². The summed E-state index contributed by atoms with van der Waals surface area (Å²) in [5, 5.41) is 37.2. The molecule has 4 rings (SSSR count). The molecule has 12 nitrogen and oxygen atoms in total. The lowest BCUT2D eigenvalue weighted by Gasteiger charge is -2.21. The van der Waals surface area contributed by atoms with Gasteiger partial charge < -0.3 is 45.9 Å². The Kier molecular flexibility index (Phi) is 11.0. The second kappa shape index (κ2) is 14.7. The first-order chi connectivity index (χ1) is 20.3. The summed E-state index contributed by atoms with van der Waals surface area (Å²) in [5.74, 6) is 1.47. The maximum atomic E-state index is 11.8. The van der Waals surface area contributed by atoms with Crippen LogP contribution in [0, 0.1) is 5.92 Å². The Morgan fingerprint density at radius 3 is 2.62 bits per heavy atom. The highest BCUT2D eigenvalue weighted by atomic mass is 16.6. The molecular formula is C30H43N5O7. The van der Waals surface area contributed by atoms with E-state index >= 15 is 0 Å². The van der Waals surface area contributed by atoms with Crippen LogP contribution < -0.4 is 25.8 Å². The third kappa shape index (κ3) is 7.13. The molecule has 230 valence electrons. The van der Waals surface area contributed by atoms with Crippen molar-refractivity contribution in [1.82, 2.24) is 14.9 Å². The highest BCUT2D eigenvalue weighted by Crippen LogP contribution is 2.35. The van der Waals surface area contributed by atoms with Gasteiger partial charge in [0.15, 0.2) is 17.7 Å². The highest BCUT2D eigenvalue weighted by molar-refractivity contribution is 5.80. The van der Waals surface area contributed by atoms with Crippen molar-refractivity contribution in [1.29, 1.82) is 0 Å². The number of aromatic nitrogens is 2. The minimum absolute atomic E-state index is 0.148. The zero-order valence-electron chi connectivity index (χ0n) is 24.4. The van der Waals surface area contributed by atoms with Gasteiger partial charge in [0.05, 0.1) is 36.9 Å². The van der Waals surface area contributed by atoms with Crippen LogP contribution in [0.3, 0.4) is 0 Å². The summed E-state index contributed by atoms with van der Waals surface area (Å²) >= 11 is 0. The van der Waals surface area contributed by atoms with Crippen molar-refractivity contribution < 1.29 is 34.3 Å². The van der Waals surface area contributed by atoms with Gasteiger partial charge in [0, 0.05) is 6.54 Å². The van der Waals surface area contributed by atoms with Crippen molar-refractivity contribution in [2.24, 2.45) is 11.7 Å². The van der Waals surface area contributed by atoms with Crippen LogP contribution >= 0.6 is 0 Å². The molecule has 42 heavy (non-hydrogen) atoms. The van der Waals surface area contributed by atoms with E-state index in [9.17, 15) is 20.1 Å². The molecule has 1 saturated heterocycles. The number of nitrogens with one attached hydrogen (secondary N) is 2. The summed E-state index contributed by atoms with van der Waals surface area (Å²) in [6, 6.07) is 12.7. The first-order valence-electron chi connectivity index (χ1n) is 14.5. The third-order valence-corrected chi connectivity index (χ3v) is 7.59. The fraction of sp³-hybridized carbons (Fsp3) is 0.533. The van der Waals surface area contributed by atoms with Gasteiger partial charge in [-0.2, -0.15) is 0 Å². The molecule has 1 aliphatic heterocycles. The van der Waals surface area contributed by atoms with E-state index in [-0.39, 0.29) is 17.9 Å². The Morgan fingerprint density at radius 1 is 1.14 bits per heavy atom. The number of anilines is 1. The molecule has 1 aromatic heterocycles. The van der Waals surface area contributed by atoms with Crippen LogP contribution in [0.5, 0.6) is 11.5 Å². The van der Waals surface area contributed by atoms with Crippen LogP contribution in [0.2, 0.25) is 0 Å². The number of rotatable bonds is 16. The quantitative estimate of drug-likeness (QED) is 0.136. The maximum Gasteiger partial charge on any atom is 0.234 e. The number of imidazole rings is 1. The number of aliphatic hydroxyl groups is 3. The second-order valence-electron chi connectivity index (χ2n) is 10.5. The zero-order valence-corrected chi connectivity index (χ0v) is 24.4. The number of hydrogen-bond donors (Lipinski definition) is 6. The van der Waals surface area contributed by atoms with E-state index in [1.807, 2.05) is 63.2 Å². The van der Waals surface area contributed by atoms with E-state index in [1.165, 1.54) is 0 Å². The molecule has 0 radical (unpaired) electrons. The molecule has 7 N–H and O–H groups in total. The zero-order chi connectivity index (χ0) is 30.2. The average molecular weight is 586 g/mol. The summed E-state index contributed by atoms with van der Waals surface area (Å²) in [6.07, 6.45) is -2.80. The Morgan fingerprint density at radius 2 is 1.93 bits per heavy atom. The Labute approximate surface area is 245 Å². The molecule has 1 amide bonds. The van der Waals surface area contributed by atoms with E-state index < -0.39 is 31.1 Å². The fourth-order valence-electron chi connectivity index (χ4n) is 5.08. The fourth-order valence-corrected chi connectivity index (χ4v) is 5.08. The molecule has 0 bridgehead atoms. The van der Waals surface area contributed by atoms with E-state index in [2.05, 4.69) is 15.6 Å². The minimum Gasteiger partial charge on any atom is -0.490 e. The molecule has 0 spiro atoms. The summed E-state index contributed by atoms with van der Waals surface area (Å²) in [4.78, 5) is 16.5. The SMILES string of the molecule is CCOc1ccc(CNc2nc3ccccc3n2[C@@H]2O[C@H](CO)[C@@H](O)[C@H]2O)cc1OCCCN[C@@H](C(N)=O)[C@H](C)CC. The van der Waals surface area contributed by atoms with Gasteiger partial charge in [-0.3, -0.25) is 9.36 Å². The molecule has 0 saturated carbocycles. The molecule has 0 unspecified atom stereocenters. The van der Waals surface area contributed by atoms with Crippen molar-refractivity contribution in [2.45, 2.75) is 70.7 Å². The predicted molar refractivity (Wildman–Crippen MR) is 158 cm³/mol. The lowest BCUT2D eigenvalue weighted by Crippen LogP contribution is -2.46. The number of nitrogens with two attached hydrogens (primary N) is 1.